The fraction of sp³-hybridized carbons (Fsp3) is 0.0500. The first-order chi connectivity index (χ1) is 13.1. The number of carbonyl (C=O) groups excluding carboxylic acids is 1. The second kappa shape index (κ2) is 8.34. The molecule has 0 fully saturated rings. The van der Waals surface area contributed by atoms with Gasteiger partial charge in [0.2, 0.25) is 0 Å². The molecule has 1 aromatic heterocycles. The summed E-state index contributed by atoms with van der Waals surface area (Å²) < 4.78 is 6.17. The molecule has 0 atom stereocenters. The first-order valence-corrected chi connectivity index (χ1v) is 8.77. The van der Waals surface area contributed by atoms with Crippen molar-refractivity contribution in [3.63, 3.8) is 0 Å². The number of carbonyl (C=O) groups is 1. The van der Waals surface area contributed by atoms with Gasteiger partial charge in [-0.3, -0.25) is 9.89 Å². The van der Waals surface area contributed by atoms with Crippen LogP contribution in [0, 0.1) is 11.3 Å². The highest BCUT2D eigenvalue weighted by molar-refractivity contribution is 9.10. The Kier molecular flexibility index (Phi) is 5.69. The minimum absolute atomic E-state index is 0.0410. The van der Waals surface area contributed by atoms with Gasteiger partial charge in [0.15, 0.2) is 0 Å². The lowest BCUT2D eigenvalue weighted by Gasteiger charge is -2.09. The molecule has 7 heteroatoms. The number of amides is 1. The molecule has 0 saturated heterocycles. The summed E-state index contributed by atoms with van der Waals surface area (Å²) in [5.74, 6) is -0.00745. The number of halogens is 1. The number of hydrogen-bond acceptors (Lipinski definition) is 4. The molecule has 0 spiro atoms. The number of hydrogen-bond donors (Lipinski definition) is 2. The van der Waals surface area contributed by atoms with Crippen LogP contribution in [0.1, 0.15) is 5.56 Å². The molecule has 3 aromatic rings. The van der Waals surface area contributed by atoms with E-state index in [1.165, 1.54) is 13.2 Å². The topological polar surface area (TPSA) is 90.8 Å². The molecule has 2 aromatic carbocycles. The zero-order valence-corrected chi connectivity index (χ0v) is 15.9. The van der Waals surface area contributed by atoms with Crippen LogP contribution < -0.4 is 10.1 Å². The van der Waals surface area contributed by atoms with Crippen molar-refractivity contribution in [2.75, 3.05) is 12.4 Å². The molecule has 0 aliphatic carbocycles. The van der Waals surface area contributed by atoms with Crippen molar-refractivity contribution in [3.05, 3.63) is 70.3 Å². The molecule has 0 radical (unpaired) electrons. The Morgan fingerprint density at radius 1 is 1.26 bits per heavy atom. The number of methoxy groups -OCH3 is 1. The van der Waals surface area contributed by atoms with E-state index in [2.05, 4.69) is 31.4 Å². The van der Waals surface area contributed by atoms with Gasteiger partial charge in [-0.15, -0.1) is 0 Å². The smallest absolute Gasteiger partial charge is 0.266 e. The first kappa shape index (κ1) is 18.4. The van der Waals surface area contributed by atoms with Crippen molar-refractivity contribution in [2.45, 2.75) is 0 Å². The Hall–Kier alpha value is -3.37. The van der Waals surface area contributed by atoms with Gasteiger partial charge in [0.1, 0.15) is 17.4 Å². The van der Waals surface area contributed by atoms with Crippen LogP contribution in [0.2, 0.25) is 0 Å². The summed E-state index contributed by atoms with van der Waals surface area (Å²) in [5.41, 5.74) is 2.71. The molecule has 0 aliphatic rings. The number of nitrogens with zero attached hydrogens (tertiary/aromatic N) is 2. The van der Waals surface area contributed by atoms with Gasteiger partial charge in [-0.1, -0.05) is 40.2 Å². The van der Waals surface area contributed by atoms with Crippen LogP contribution in [0.3, 0.4) is 0 Å². The van der Waals surface area contributed by atoms with Gasteiger partial charge in [-0.25, -0.2) is 0 Å². The molecule has 6 nitrogen and oxygen atoms in total. The number of benzene rings is 2. The number of ether oxygens (including phenoxy) is 1. The summed E-state index contributed by atoms with van der Waals surface area (Å²) in [7, 11) is 1.52. The summed E-state index contributed by atoms with van der Waals surface area (Å²) in [6.45, 7) is 0. The van der Waals surface area contributed by atoms with E-state index < -0.39 is 5.91 Å². The van der Waals surface area contributed by atoms with Gasteiger partial charge in [-0.05, 0) is 30.3 Å². The van der Waals surface area contributed by atoms with Gasteiger partial charge in [0, 0.05) is 15.6 Å². The van der Waals surface area contributed by atoms with Crippen LogP contribution in [0.5, 0.6) is 5.75 Å². The number of H-pyrrole nitrogens is 1. The standard InChI is InChI=1S/C20H15BrN4O2/c1-27-18-5-3-2-4-17(18)24-20(26)14(11-22)10-15-12-23-25-19(15)13-6-8-16(21)9-7-13/h2-10,12H,1H3,(H,23,25)(H,24,26)/b14-10-. The van der Waals surface area contributed by atoms with Crippen molar-refractivity contribution in [2.24, 2.45) is 0 Å². The zero-order chi connectivity index (χ0) is 19.2. The number of aromatic nitrogens is 2. The van der Waals surface area contributed by atoms with Crippen LogP contribution in [0.25, 0.3) is 17.3 Å². The van der Waals surface area contributed by atoms with Crippen molar-refractivity contribution in [1.29, 1.82) is 5.26 Å². The van der Waals surface area contributed by atoms with Crippen molar-refractivity contribution in [1.82, 2.24) is 10.2 Å². The fourth-order valence-corrected chi connectivity index (χ4v) is 2.76. The van der Waals surface area contributed by atoms with E-state index in [-0.39, 0.29) is 5.57 Å². The highest BCUT2D eigenvalue weighted by Gasteiger charge is 2.14. The van der Waals surface area contributed by atoms with E-state index in [1.54, 1.807) is 30.5 Å². The summed E-state index contributed by atoms with van der Waals surface area (Å²) in [5, 5.41) is 19.1. The van der Waals surface area contributed by atoms with E-state index in [4.69, 9.17) is 4.74 Å². The molecule has 0 saturated carbocycles. The monoisotopic (exact) mass is 422 g/mol. The largest absolute Gasteiger partial charge is 0.495 e. The Bertz CT molecular complexity index is 1030. The third-order valence-electron chi connectivity index (χ3n) is 3.82. The average Bonchev–Trinajstić information content (AvgIpc) is 3.15. The summed E-state index contributed by atoms with van der Waals surface area (Å²) >= 11 is 3.40. The van der Waals surface area contributed by atoms with Gasteiger partial charge in [-0.2, -0.15) is 10.4 Å². The van der Waals surface area contributed by atoms with E-state index in [0.29, 0.717) is 17.0 Å². The minimum atomic E-state index is -0.523. The lowest BCUT2D eigenvalue weighted by Crippen LogP contribution is -2.14. The Morgan fingerprint density at radius 3 is 2.70 bits per heavy atom. The maximum atomic E-state index is 12.5. The predicted octanol–water partition coefficient (Wildman–Crippen LogP) is 4.39. The van der Waals surface area contributed by atoms with Crippen LogP contribution >= 0.6 is 15.9 Å². The van der Waals surface area contributed by atoms with Crippen molar-refractivity contribution >= 4 is 33.6 Å². The molecule has 134 valence electrons. The van der Waals surface area contributed by atoms with Gasteiger partial charge < -0.3 is 10.1 Å². The average molecular weight is 423 g/mol. The maximum Gasteiger partial charge on any atom is 0.266 e. The quantitative estimate of drug-likeness (QED) is 0.470. The van der Waals surface area contributed by atoms with Crippen LogP contribution in [-0.2, 0) is 4.79 Å². The molecular weight excluding hydrogens is 408 g/mol. The molecule has 2 N–H and O–H groups in total. The molecule has 3 rings (SSSR count). The van der Waals surface area contributed by atoms with Crippen molar-refractivity contribution < 1.29 is 9.53 Å². The summed E-state index contributed by atoms with van der Waals surface area (Å²) in [6, 6.07) is 16.6. The maximum absolute atomic E-state index is 12.5. The van der Waals surface area contributed by atoms with Gasteiger partial charge >= 0.3 is 0 Å². The fourth-order valence-electron chi connectivity index (χ4n) is 2.49. The SMILES string of the molecule is COc1ccccc1NC(=O)/C(C#N)=C\c1cn[nH]c1-c1ccc(Br)cc1. The molecule has 27 heavy (non-hydrogen) atoms. The first-order valence-electron chi connectivity index (χ1n) is 7.98. The zero-order valence-electron chi connectivity index (χ0n) is 14.4. The lowest BCUT2D eigenvalue weighted by molar-refractivity contribution is -0.112. The molecule has 0 aliphatic heterocycles. The van der Waals surface area contributed by atoms with Crippen LogP contribution in [0.4, 0.5) is 5.69 Å². The second-order valence-electron chi connectivity index (χ2n) is 5.53. The predicted molar refractivity (Wildman–Crippen MR) is 107 cm³/mol. The highest BCUT2D eigenvalue weighted by atomic mass is 79.9. The highest BCUT2D eigenvalue weighted by Crippen LogP contribution is 2.26. The Labute approximate surface area is 164 Å². The van der Waals surface area contributed by atoms with Gasteiger partial charge in [0.25, 0.3) is 5.91 Å². The minimum Gasteiger partial charge on any atom is -0.495 e. The molecule has 1 amide bonds. The normalized spacial score (nSPS) is 10.9. The Morgan fingerprint density at radius 2 is 2.00 bits per heavy atom. The third kappa shape index (κ3) is 4.25. The summed E-state index contributed by atoms with van der Waals surface area (Å²) in [4.78, 5) is 12.5. The Balaban J connectivity index is 1.89. The molecule has 0 unspecified atom stereocenters. The van der Waals surface area contributed by atoms with Gasteiger partial charge in [0.05, 0.1) is 24.7 Å². The van der Waals surface area contributed by atoms with E-state index in [1.807, 2.05) is 30.3 Å². The lowest BCUT2D eigenvalue weighted by atomic mass is 10.1. The molecule has 0 bridgehead atoms. The summed E-state index contributed by atoms with van der Waals surface area (Å²) in [6.07, 6.45) is 3.08. The van der Waals surface area contributed by atoms with E-state index in [9.17, 15) is 10.1 Å². The number of nitriles is 1. The number of anilines is 1. The number of rotatable bonds is 5. The third-order valence-corrected chi connectivity index (χ3v) is 4.35. The van der Waals surface area contributed by atoms with E-state index >= 15 is 0 Å². The van der Waals surface area contributed by atoms with Crippen molar-refractivity contribution in [3.8, 4) is 23.1 Å². The number of para-hydroxylation sites is 2. The van der Waals surface area contributed by atoms with E-state index in [0.717, 1.165) is 15.7 Å². The number of aromatic amines is 1. The van der Waals surface area contributed by atoms with Crippen LogP contribution in [0.15, 0.2) is 64.8 Å². The second-order valence-corrected chi connectivity index (χ2v) is 6.45. The molecular formula is C20H15BrN4O2. The molecule has 1 heterocycles. The number of nitrogens with one attached hydrogen (secondary N) is 2. The van der Waals surface area contributed by atoms with Crippen LogP contribution in [-0.4, -0.2) is 23.2 Å².